The number of hydrogen-bond donors (Lipinski definition) is 1. The number of allylic oxidation sites excluding steroid dienone is 1. The number of rotatable bonds is 5. The summed E-state index contributed by atoms with van der Waals surface area (Å²) in [4.78, 5) is 16.0. The molecule has 1 amide bonds. The third-order valence-electron chi connectivity index (χ3n) is 4.88. The molecule has 0 aromatic heterocycles. The van der Waals surface area contributed by atoms with E-state index in [0.717, 1.165) is 35.9 Å². The van der Waals surface area contributed by atoms with E-state index in [0.29, 0.717) is 17.2 Å². The largest absolute Gasteiger partial charge is 0.494 e. The Labute approximate surface area is 203 Å². The van der Waals surface area contributed by atoms with Gasteiger partial charge in [0.1, 0.15) is 5.75 Å². The Morgan fingerprint density at radius 3 is 2.29 bits per heavy atom. The van der Waals surface area contributed by atoms with Crippen molar-refractivity contribution in [1.29, 1.82) is 0 Å². The van der Waals surface area contributed by atoms with Crippen LogP contribution in [0.5, 0.6) is 23.0 Å². The number of aliphatic imine (C=N–C) groups is 1. The van der Waals surface area contributed by atoms with Crippen LogP contribution in [0, 0.1) is 5.82 Å². The summed E-state index contributed by atoms with van der Waals surface area (Å²) in [7, 11) is 4.64. The molecule has 0 saturated heterocycles. The molecule has 0 spiro atoms. The summed E-state index contributed by atoms with van der Waals surface area (Å²) in [5, 5.41) is 2.43. The van der Waals surface area contributed by atoms with Crippen molar-refractivity contribution in [3.63, 3.8) is 0 Å². The van der Waals surface area contributed by atoms with Crippen LogP contribution in [0.15, 0.2) is 71.7 Å². The molecular weight excluding hydrogens is 451 g/mol. The van der Waals surface area contributed by atoms with E-state index in [9.17, 15) is 9.18 Å². The molecule has 1 aliphatic heterocycles. The van der Waals surface area contributed by atoms with Crippen LogP contribution < -0.4 is 24.3 Å². The van der Waals surface area contributed by atoms with Gasteiger partial charge in [0.15, 0.2) is 23.1 Å². The number of carbonyl (C=O) groups is 1. The van der Waals surface area contributed by atoms with E-state index in [4.69, 9.17) is 18.9 Å². The maximum atomic E-state index is 13.4. The number of benzene rings is 3. The van der Waals surface area contributed by atoms with Crippen molar-refractivity contribution in [3.8, 4) is 23.0 Å². The Balaban J connectivity index is 0.000000198. The molecule has 1 heterocycles. The highest BCUT2D eigenvalue weighted by Crippen LogP contribution is 2.36. The Kier molecular flexibility index (Phi) is 9.24. The first-order valence-corrected chi connectivity index (χ1v) is 10.9. The zero-order valence-electron chi connectivity index (χ0n) is 19.8. The van der Waals surface area contributed by atoms with Gasteiger partial charge in [0, 0.05) is 29.6 Å². The van der Waals surface area contributed by atoms with Crippen LogP contribution in [0.1, 0.15) is 18.4 Å². The van der Waals surface area contributed by atoms with Crippen LogP contribution in [0.25, 0.3) is 6.08 Å². The summed E-state index contributed by atoms with van der Waals surface area (Å²) >= 11 is 0. The molecule has 0 aliphatic carbocycles. The van der Waals surface area contributed by atoms with Gasteiger partial charge in [-0.1, -0.05) is 30.4 Å². The molecule has 1 aliphatic rings. The molecule has 4 rings (SSSR count). The fraction of sp³-hybridized carbons (Fsp3) is 0.185. The van der Waals surface area contributed by atoms with Crippen LogP contribution in [-0.4, -0.2) is 33.6 Å². The van der Waals surface area contributed by atoms with Crippen LogP contribution >= 0.6 is 0 Å². The Bertz CT molecular complexity index is 1150. The van der Waals surface area contributed by atoms with Gasteiger partial charge < -0.3 is 18.9 Å². The molecule has 0 saturated carbocycles. The zero-order valence-corrected chi connectivity index (χ0v) is 19.8. The molecule has 0 radical (unpaired) electrons. The van der Waals surface area contributed by atoms with E-state index in [1.165, 1.54) is 19.2 Å². The van der Waals surface area contributed by atoms with Gasteiger partial charge in [0.2, 0.25) is 0 Å². The fourth-order valence-electron chi connectivity index (χ4n) is 3.16. The number of hydrogen-bond acceptors (Lipinski definition) is 6. The van der Waals surface area contributed by atoms with E-state index in [1.807, 2.05) is 24.4 Å². The predicted molar refractivity (Wildman–Crippen MR) is 135 cm³/mol. The normalized spacial score (nSPS) is 12.6. The molecule has 8 heteroatoms. The topological polar surface area (TPSA) is 78.4 Å². The number of ether oxygens (including phenoxy) is 4. The highest BCUT2D eigenvalue weighted by molar-refractivity contribution is 5.86. The quantitative estimate of drug-likeness (QED) is 0.444. The Morgan fingerprint density at radius 1 is 0.886 bits per heavy atom. The van der Waals surface area contributed by atoms with E-state index in [-0.39, 0.29) is 5.75 Å². The number of nitrogens with zero attached hydrogens (tertiary/aromatic N) is 1. The second-order valence-corrected chi connectivity index (χ2v) is 7.23. The van der Waals surface area contributed by atoms with Crippen LogP contribution in [0.4, 0.5) is 20.6 Å². The van der Waals surface area contributed by atoms with Gasteiger partial charge in [-0.2, -0.15) is 0 Å². The number of fused-ring (bicyclic) bond motifs is 1. The molecule has 7 nitrogen and oxygen atoms in total. The van der Waals surface area contributed by atoms with Crippen molar-refractivity contribution in [3.05, 3.63) is 78.1 Å². The predicted octanol–water partition coefficient (Wildman–Crippen LogP) is 6.66. The summed E-state index contributed by atoms with van der Waals surface area (Å²) in [6.45, 7) is 0. The minimum atomic E-state index is -0.684. The first-order chi connectivity index (χ1) is 17.0. The van der Waals surface area contributed by atoms with Gasteiger partial charge in [-0.15, -0.1) is 0 Å². The lowest BCUT2D eigenvalue weighted by molar-refractivity contribution is 0.215. The van der Waals surface area contributed by atoms with Gasteiger partial charge in [-0.05, 0) is 43.2 Å². The minimum absolute atomic E-state index is 0.113. The van der Waals surface area contributed by atoms with Gasteiger partial charge >= 0.3 is 6.09 Å². The van der Waals surface area contributed by atoms with E-state index in [2.05, 4.69) is 22.5 Å². The second-order valence-electron chi connectivity index (χ2n) is 7.23. The summed E-state index contributed by atoms with van der Waals surface area (Å²) in [5.74, 6) is 1.42. The van der Waals surface area contributed by atoms with Crippen LogP contribution in [-0.2, 0) is 0 Å². The number of methoxy groups -OCH3 is 3. The number of amides is 1. The third kappa shape index (κ3) is 7.33. The number of para-hydroxylation sites is 1. The summed E-state index contributed by atoms with van der Waals surface area (Å²) < 4.78 is 33.7. The molecule has 0 bridgehead atoms. The Hall–Kier alpha value is -4.33. The van der Waals surface area contributed by atoms with E-state index in [1.54, 1.807) is 38.5 Å². The van der Waals surface area contributed by atoms with Gasteiger partial charge in [-0.3, -0.25) is 10.3 Å². The fourth-order valence-corrected chi connectivity index (χ4v) is 3.16. The van der Waals surface area contributed by atoms with Crippen LogP contribution in [0.2, 0.25) is 0 Å². The Morgan fingerprint density at radius 2 is 1.60 bits per heavy atom. The van der Waals surface area contributed by atoms with Gasteiger partial charge in [0.25, 0.3) is 0 Å². The molecule has 0 unspecified atom stereocenters. The van der Waals surface area contributed by atoms with Crippen molar-refractivity contribution < 1.29 is 28.1 Å². The van der Waals surface area contributed by atoms with Gasteiger partial charge in [0.05, 0.1) is 27.0 Å². The number of nitrogens with one attached hydrogen (secondary N) is 1. The molecule has 1 N–H and O–H groups in total. The third-order valence-corrected chi connectivity index (χ3v) is 4.88. The van der Waals surface area contributed by atoms with Crippen molar-refractivity contribution in [2.24, 2.45) is 4.99 Å². The first-order valence-electron chi connectivity index (χ1n) is 10.9. The highest BCUT2D eigenvalue weighted by atomic mass is 19.1. The molecule has 0 atom stereocenters. The van der Waals surface area contributed by atoms with Crippen molar-refractivity contribution >= 4 is 29.8 Å². The van der Waals surface area contributed by atoms with E-state index >= 15 is 0 Å². The molecule has 35 heavy (non-hydrogen) atoms. The molecule has 182 valence electrons. The summed E-state index contributed by atoms with van der Waals surface area (Å²) in [6, 6.07) is 16.6. The summed E-state index contributed by atoms with van der Waals surface area (Å²) in [5.41, 5.74) is 2.28. The average molecular weight is 479 g/mol. The highest BCUT2D eigenvalue weighted by Gasteiger charge is 2.10. The number of carbonyl (C=O) groups excluding carboxylic acids is 1. The van der Waals surface area contributed by atoms with Crippen molar-refractivity contribution in [2.45, 2.75) is 12.8 Å². The summed E-state index contributed by atoms with van der Waals surface area (Å²) in [6.07, 6.45) is 7.48. The molecular formula is C27H27FN2O5. The molecule has 0 fully saturated rings. The molecule has 3 aromatic carbocycles. The standard InChI is InChI=1S/C14H12FNO3.C13H15NO2/c1-18-13-8-7-10(9-12(13)15)16-14(17)19-11-5-3-2-4-6-11;1-15-12-8-10-6-4-3-5-7-14-11(10)9-13(12)16-2/h2-9H,1H3,(H,16,17);4,6-9H,3,5H2,1-2H3/b;6-4-,14-7?. The number of anilines is 1. The molecule has 3 aromatic rings. The zero-order chi connectivity index (χ0) is 25.0. The number of halogens is 1. The minimum Gasteiger partial charge on any atom is -0.494 e. The van der Waals surface area contributed by atoms with Crippen LogP contribution in [0.3, 0.4) is 0 Å². The lowest BCUT2D eigenvalue weighted by atomic mass is 10.1. The van der Waals surface area contributed by atoms with Gasteiger partial charge in [-0.25, -0.2) is 9.18 Å². The first kappa shape index (κ1) is 25.3. The van der Waals surface area contributed by atoms with Crippen molar-refractivity contribution in [1.82, 2.24) is 0 Å². The average Bonchev–Trinajstić information content (AvgIpc) is 2.85. The smallest absolute Gasteiger partial charge is 0.417 e. The monoisotopic (exact) mass is 478 g/mol. The maximum Gasteiger partial charge on any atom is 0.417 e. The second kappa shape index (κ2) is 12.8. The SMILES string of the molecule is COc1cc2c(cc1OC)N=CCC/C=C\2.COc1ccc(NC(=O)Oc2ccccc2)cc1F. The van der Waals surface area contributed by atoms with Crippen molar-refractivity contribution in [2.75, 3.05) is 26.6 Å². The maximum absolute atomic E-state index is 13.4. The lowest BCUT2D eigenvalue weighted by Crippen LogP contribution is -2.16. The lowest BCUT2D eigenvalue weighted by Gasteiger charge is -2.11. The van der Waals surface area contributed by atoms with E-state index < -0.39 is 11.9 Å².